The first kappa shape index (κ1) is 13.3. The number of halogens is 2. The summed E-state index contributed by atoms with van der Waals surface area (Å²) in [4.78, 5) is 6.79. The fourth-order valence-electron chi connectivity index (χ4n) is 3.56. The highest BCUT2D eigenvalue weighted by Crippen LogP contribution is 2.40. The van der Waals surface area contributed by atoms with E-state index in [4.69, 9.17) is 28.9 Å². The minimum absolute atomic E-state index is 0.374. The first-order valence-corrected chi connectivity index (χ1v) is 7.80. The monoisotopic (exact) mass is 299 g/mol. The van der Waals surface area contributed by atoms with Gasteiger partial charge in [0.05, 0.1) is 10.0 Å². The molecule has 1 saturated carbocycles. The van der Waals surface area contributed by atoms with Crippen LogP contribution in [0.25, 0.3) is 0 Å². The Labute approximate surface area is 124 Å². The number of nitrogens with zero attached hydrogens (tertiary/aromatic N) is 2. The number of nitrogens with two attached hydrogens (primary N) is 1. The minimum atomic E-state index is 0.374. The molecule has 0 bridgehead atoms. The van der Waals surface area contributed by atoms with Gasteiger partial charge in [-0.3, -0.25) is 0 Å². The maximum atomic E-state index is 6.32. The molecule has 0 amide bonds. The zero-order valence-electron chi connectivity index (χ0n) is 10.9. The second-order valence-electron chi connectivity index (χ2n) is 5.61. The third-order valence-electron chi connectivity index (χ3n) is 4.45. The van der Waals surface area contributed by atoms with Crippen molar-refractivity contribution in [3.63, 3.8) is 0 Å². The van der Waals surface area contributed by atoms with Gasteiger partial charge in [0.2, 0.25) is 0 Å². The first-order valence-electron chi connectivity index (χ1n) is 7.05. The molecule has 0 aromatic carbocycles. The zero-order valence-corrected chi connectivity index (χ0v) is 12.4. The second-order valence-corrected chi connectivity index (χ2v) is 6.42. The van der Waals surface area contributed by atoms with Gasteiger partial charge in [-0.05, 0) is 37.7 Å². The van der Waals surface area contributed by atoms with E-state index in [2.05, 4.69) is 9.88 Å². The van der Waals surface area contributed by atoms with Gasteiger partial charge < -0.3 is 10.6 Å². The molecule has 19 heavy (non-hydrogen) atoms. The van der Waals surface area contributed by atoms with Crippen LogP contribution in [0.5, 0.6) is 0 Å². The molecule has 2 aliphatic rings. The summed E-state index contributed by atoms with van der Waals surface area (Å²) in [6.45, 7) is 1.02. The van der Waals surface area contributed by atoms with Crippen molar-refractivity contribution >= 4 is 34.8 Å². The number of rotatable bonds is 1. The molecule has 1 aliphatic carbocycles. The topological polar surface area (TPSA) is 42.1 Å². The SMILES string of the molecule is Nc1nc(N2CCC[C@H]3CCCC[C@H]32)c(Cl)cc1Cl. The Morgan fingerprint density at radius 3 is 2.68 bits per heavy atom. The van der Waals surface area contributed by atoms with E-state index in [1.807, 2.05) is 0 Å². The first-order chi connectivity index (χ1) is 9.16. The number of hydrogen-bond donors (Lipinski definition) is 1. The van der Waals surface area contributed by atoms with E-state index < -0.39 is 0 Å². The number of aromatic nitrogens is 1. The Morgan fingerprint density at radius 2 is 1.84 bits per heavy atom. The molecule has 0 radical (unpaired) electrons. The number of piperidine rings is 1. The van der Waals surface area contributed by atoms with Crippen LogP contribution in [0.15, 0.2) is 6.07 Å². The largest absolute Gasteiger partial charge is 0.382 e. The van der Waals surface area contributed by atoms with E-state index in [1.165, 1.54) is 38.5 Å². The van der Waals surface area contributed by atoms with Crippen molar-refractivity contribution in [2.24, 2.45) is 5.92 Å². The molecule has 1 aromatic rings. The van der Waals surface area contributed by atoms with Crippen LogP contribution in [-0.4, -0.2) is 17.6 Å². The smallest absolute Gasteiger partial charge is 0.150 e. The molecule has 1 aromatic heterocycles. The van der Waals surface area contributed by atoms with Crippen LogP contribution in [0.1, 0.15) is 38.5 Å². The van der Waals surface area contributed by atoms with Gasteiger partial charge in [-0.1, -0.05) is 36.0 Å². The van der Waals surface area contributed by atoms with Crippen molar-refractivity contribution in [2.75, 3.05) is 17.2 Å². The second kappa shape index (κ2) is 5.37. The van der Waals surface area contributed by atoms with Crippen LogP contribution in [-0.2, 0) is 0 Å². The summed E-state index contributed by atoms with van der Waals surface area (Å²) in [6.07, 6.45) is 7.79. The lowest BCUT2D eigenvalue weighted by Crippen LogP contribution is -2.47. The molecule has 2 atom stereocenters. The highest BCUT2D eigenvalue weighted by atomic mass is 35.5. The number of anilines is 2. The standard InChI is InChI=1S/C14H19Cl2N3/c15-10-8-11(16)14(18-13(10)17)19-7-3-5-9-4-1-2-6-12(9)19/h8-9,12H,1-7H2,(H2,17,18)/t9-,12-/m1/s1. The number of nitrogen functional groups attached to an aromatic ring is 1. The third-order valence-corrected chi connectivity index (χ3v) is 5.03. The van der Waals surface area contributed by atoms with Gasteiger partial charge in [0, 0.05) is 12.6 Å². The van der Waals surface area contributed by atoms with Crippen LogP contribution in [0, 0.1) is 5.92 Å². The molecular formula is C14H19Cl2N3. The lowest BCUT2D eigenvalue weighted by Gasteiger charge is -2.45. The lowest BCUT2D eigenvalue weighted by atomic mass is 9.78. The van der Waals surface area contributed by atoms with E-state index in [0.717, 1.165) is 18.3 Å². The van der Waals surface area contributed by atoms with E-state index in [0.29, 0.717) is 21.9 Å². The highest BCUT2D eigenvalue weighted by Gasteiger charge is 2.34. The van der Waals surface area contributed by atoms with Gasteiger partial charge in [0.15, 0.2) is 0 Å². The molecule has 3 rings (SSSR count). The van der Waals surface area contributed by atoms with Crippen LogP contribution in [0.4, 0.5) is 11.6 Å². The van der Waals surface area contributed by atoms with E-state index in [1.54, 1.807) is 6.07 Å². The summed E-state index contributed by atoms with van der Waals surface area (Å²) >= 11 is 12.3. The molecule has 2 heterocycles. The molecule has 1 aliphatic heterocycles. The Balaban J connectivity index is 1.93. The van der Waals surface area contributed by atoms with Crippen molar-refractivity contribution in [3.05, 3.63) is 16.1 Å². The van der Waals surface area contributed by atoms with Crippen molar-refractivity contribution in [1.82, 2.24) is 4.98 Å². The van der Waals surface area contributed by atoms with Crippen LogP contribution in [0.3, 0.4) is 0 Å². The molecule has 2 fully saturated rings. The summed E-state index contributed by atoms with van der Waals surface area (Å²) in [7, 11) is 0. The van der Waals surface area contributed by atoms with Crippen molar-refractivity contribution in [2.45, 2.75) is 44.6 Å². The molecule has 5 heteroatoms. The summed E-state index contributed by atoms with van der Waals surface area (Å²) in [5.41, 5.74) is 5.84. The average Bonchev–Trinajstić information content (AvgIpc) is 2.42. The number of fused-ring (bicyclic) bond motifs is 1. The summed E-state index contributed by atoms with van der Waals surface area (Å²) in [5, 5.41) is 1.05. The van der Waals surface area contributed by atoms with Crippen molar-refractivity contribution < 1.29 is 0 Å². The van der Waals surface area contributed by atoms with Gasteiger partial charge >= 0.3 is 0 Å². The van der Waals surface area contributed by atoms with Gasteiger partial charge in [0.1, 0.15) is 11.6 Å². The number of hydrogen-bond acceptors (Lipinski definition) is 3. The Kier molecular flexibility index (Phi) is 3.77. The van der Waals surface area contributed by atoms with Crippen LogP contribution < -0.4 is 10.6 Å². The van der Waals surface area contributed by atoms with E-state index in [9.17, 15) is 0 Å². The average molecular weight is 300 g/mol. The zero-order chi connectivity index (χ0) is 13.4. The molecule has 0 unspecified atom stereocenters. The fraction of sp³-hybridized carbons (Fsp3) is 0.643. The molecule has 2 N–H and O–H groups in total. The Bertz CT molecular complexity index is 476. The lowest BCUT2D eigenvalue weighted by molar-refractivity contribution is 0.243. The molecular weight excluding hydrogens is 281 g/mol. The van der Waals surface area contributed by atoms with Crippen molar-refractivity contribution in [1.29, 1.82) is 0 Å². The molecule has 3 nitrogen and oxygen atoms in total. The minimum Gasteiger partial charge on any atom is -0.382 e. The summed E-state index contributed by atoms with van der Waals surface area (Å²) < 4.78 is 0. The quantitative estimate of drug-likeness (QED) is 0.848. The maximum absolute atomic E-state index is 6.32. The van der Waals surface area contributed by atoms with Gasteiger partial charge in [-0.15, -0.1) is 0 Å². The third kappa shape index (κ3) is 2.50. The molecule has 1 saturated heterocycles. The van der Waals surface area contributed by atoms with Crippen LogP contribution >= 0.6 is 23.2 Å². The fourth-order valence-corrected chi connectivity index (χ4v) is 4.03. The van der Waals surface area contributed by atoms with Gasteiger partial charge in [-0.2, -0.15) is 0 Å². The highest BCUT2D eigenvalue weighted by molar-refractivity contribution is 6.37. The van der Waals surface area contributed by atoms with E-state index >= 15 is 0 Å². The summed E-state index contributed by atoms with van der Waals surface area (Å²) in [6, 6.07) is 2.29. The Hall–Kier alpha value is -0.670. The summed E-state index contributed by atoms with van der Waals surface area (Å²) in [5.74, 6) is 1.98. The molecule has 0 spiro atoms. The molecule has 104 valence electrons. The number of pyridine rings is 1. The van der Waals surface area contributed by atoms with E-state index in [-0.39, 0.29) is 0 Å². The normalized spacial score (nSPS) is 27.2. The van der Waals surface area contributed by atoms with Gasteiger partial charge in [0.25, 0.3) is 0 Å². The Morgan fingerprint density at radius 1 is 1.11 bits per heavy atom. The van der Waals surface area contributed by atoms with Crippen molar-refractivity contribution in [3.8, 4) is 0 Å². The van der Waals surface area contributed by atoms with Crippen LogP contribution in [0.2, 0.25) is 10.0 Å². The van der Waals surface area contributed by atoms with Gasteiger partial charge in [-0.25, -0.2) is 4.98 Å². The maximum Gasteiger partial charge on any atom is 0.150 e. The predicted molar refractivity (Wildman–Crippen MR) is 81.0 cm³/mol. The predicted octanol–water partition coefficient (Wildman–Crippen LogP) is 4.13.